The van der Waals surface area contributed by atoms with Gasteiger partial charge in [0.05, 0.1) is 0 Å². The van der Waals surface area contributed by atoms with Gasteiger partial charge in [0.15, 0.2) is 0 Å². The Morgan fingerprint density at radius 2 is 2.00 bits per heavy atom. The van der Waals surface area contributed by atoms with Crippen LogP contribution in [0.3, 0.4) is 0 Å². The van der Waals surface area contributed by atoms with Gasteiger partial charge in [0.1, 0.15) is 5.75 Å². The van der Waals surface area contributed by atoms with Crippen LogP contribution in [0, 0.1) is 5.92 Å². The molecule has 1 saturated heterocycles. The van der Waals surface area contributed by atoms with Gasteiger partial charge >= 0.3 is 0 Å². The summed E-state index contributed by atoms with van der Waals surface area (Å²) in [5.74, 6) is 1.11. The Morgan fingerprint density at radius 3 is 2.54 bits per heavy atom. The molecule has 2 heteroatoms. The van der Waals surface area contributed by atoms with E-state index in [0.29, 0.717) is 11.8 Å². The van der Waals surface area contributed by atoms with Gasteiger partial charge in [-0.1, -0.05) is 19.1 Å². The van der Waals surface area contributed by atoms with Crippen molar-refractivity contribution in [2.24, 2.45) is 5.92 Å². The summed E-state index contributed by atoms with van der Waals surface area (Å²) >= 11 is 0. The van der Waals surface area contributed by atoms with Gasteiger partial charge in [0.2, 0.25) is 0 Å². The number of benzene rings is 1. The molecule has 0 radical (unpaired) electrons. The third-order valence-corrected chi connectivity index (χ3v) is 2.65. The van der Waals surface area contributed by atoms with Crippen LogP contribution >= 0.6 is 0 Å². The van der Waals surface area contributed by atoms with Crippen LogP contribution in [0.4, 0.5) is 0 Å². The molecule has 1 aliphatic heterocycles. The van der Waals surface area contributed by atoms with Gasteiger partial charge in [-0.2, -0.15) is 0 Å². The molecule has 1 aliphatic rings. The van der Waals surface area contributed by atoms with Crippen LogP contribution in [0.25, 0.3) is 0 Å². The lowest BCUT2D eigenvalue weighted by Crippen LogP contribution is -2.13. The maximum atomic E-state index is 9.13. The first-order valence-corrected chi connectivity index (χ1v) is 4.78. The van der Waals surface area contributed by atoms with Gasteiger partial charge in [-0.25, -0.2) is 0 Å². The molecule has 0 aliphatic carbocycles. The van der Waals surface area contributed by atoms with Crippen molar-refractivity contribution in [2.75, 3.05) is 6.54 Å². The topological polar surface area (TPSA) is 32.3 Å². The molecule has 70 valence electrons. The maximum Gasteiger partial charge on any atom is 0.115 e. The van der Waals surface area contributed by atoms with Crippen molar-refractivity contribution >= 4 is 0 Å². The number of aromatic hydroxyl groups is 1. The molecule has 0 saturated carbocycles. The molecular formula is C11H15NO. The van der Waals surface area contributed by atoms with Crippen molar-refractivity contribution in [2.45, 2.75) is 19.4 Å². The summed E-state index contributed by atoms with van der Waals surface area (Å²) in [5, 5.41) is 12.6. The van der Waals surface area contributed by atoms with E-state index in [2.05, 4.69) is 12.2 Å². The summed E-state index contributed by atoms with van der Waals surface area (Å²) in [4.78, 5) is 0. The smallest absolute Gasteiger partial charge is 0.115 e. The Morgan fingerprint density at radius 1 is 1.31 bits per heavy atom. The van der Waals surface area contributed by atoms with E-state index in [4.69, 9.17) is 5.11 Å². The zero-order chi connectivity index (χ0) is 9.26. The first kappa shape index (κ1) is 8.57. The van der Waals surface area contributed by atoms with Crippen molar-refractivity contribution in [3.8, 4) is 5.75 Å². The Hall–Kier alpha value is -1.02. The van der Waals surface area contributed by atoms with Crippen LogP contribution in [0.15, 0.2) is 24.3 Å². The zero-order valence-corrected chi connectivity index (χ0v) is 7.83. The van der Waals surface area contributed by atoms with E-state index in [0.717, 1.165) is 12.5 Å². The molecule has 0 aromatic heterocycles. The molecule has 2 rings (SSSR count). The Kier molecular flexibility index (Phi) is 2.23. The highest BCUT2D eigenvalue weighted by atomic mass is 16.3. The second-order valence-corrected chi connectivity index (χ2v) is 3.89. The average molecular weight is 177 g/mol. The molecule has 1 aromatic carbocycles. The highest BCUT2D eigenvalue weighted by Crippen LogP contribution is 2.27. The van der Waals surface area contributed by atoms with Crippen molar-refractivity contribution in [3.05, 3.63) is 29.8 Å². The highest BCUT2D eigenvalue weighted by molar-refractivity contribution is 5.28. The number of phenols is 1. The lowest BCUT2D eigenvalue weighted by atomic mass is 10.0. The third kappa shape index (κ3) is 1.83. The molecule has 13 heavy (non-hydrogen) atoms. The third-order valence-electron chi connectivity index (χ3n) is 2.65. The number of hydrogen-bond acceptors (Lipinski definition) is 2. The van der Waals surface area contributed by atoms with Gasteiger partial charge < -0.3 is 10.4 Å². The van der Waals surface area contributed by atoms with E-state index in [-0.39, 0.29) is 0 Å². The van der Waals surface area contributed by atoms with Crippen LogP contribution in [-0.4, -0.2) is 11.7 Å². The molecule has 0 bridgehead atoms. The summed E-state index contributed by atoms with van der Waals surface area (Å²) in [6.07, 6.45) is 1.20. The van der Waals surface area contributed by atoms with Crippen LogP contribution in [-0.2, 0) is 0 Å². The fourth-order valence-electron chi connectivity index (χ4n) is 1.87. The van der Waals surface area contributed by atoms with Gasteiger partial charge in [-0.05, 0) is 36.6 Å². The van der Waals surface area contributed by atoms with Crippen LogP contribution in [0.5, 0.6) is 5.75 Å². The van der Waals surface area contributed by atoms with Gasteiger partial charge in [0, 0.05) is 6.04 Å². The summed E-state index contributed by atoms with van der Waals surface area (Å²) in [6, 6.07) is 7.96. The first-order chi connectivity index (χ1) is 6.25. The summed E-state index contributed by atoms with van der Waals surface area (Å²) in [7, 11) is 0. The monoisotopic (exact) mass is 177 g/mol. The van der Waals surface area contributed by atoms with Crippen molar-refractivity contribution < 1.29 is 5.11 Å². The molecule has 0 unspecified atom stereocenters. The van der Waals surface area contributed by atoms with Gasteiger partial charge in [-0.15, -0.1) is 0 Å². The maximum absolute atomic E-state index is 9.13. The van der Waals surface area contributed by atoms with Gasteiger partial charge in [-0.3, -0.25) is 0 Å². The Bertz CT molecular complexity index is 281. The normalized spacial score (nSPS) is 27.8. The van der Waals surface area contributed by atoms with E-state index >= 15 is 0 Å². The molecule has 0 spiro atoms. The predicted octanol–water partition coefficient (Wildman–Crippen LogP) is 2.06. The van der Waals surface area contributed by atoms with Crippen LogP contribution in [0.2, 0.25) is 0 Å². The van der Waals surface area contributed by atoms with E-state index in [9.17, 15) is 0 Å². The number of hydrogen-bond donors (Lipinski definition) is 2. The quantitative estimate of drug-likeness (QED) is 0.688. The Labute approximate surface area is 78.6 Å². The molecule has 1 aromatic rings. The van der Waals surface area contributed by atoms with E-state index in [1.165, 1.54) is 12.0 Å². The largest absolute Gasteiger partial charge is 0.508 e. The van der Waals surface area contributed by atoms with E-state index in [1.807, 2.05) is 12.1 Å². The zero-order valence-electron chi connectivity index (χ0n) is 7.83. The van der Waals surface area contributed by atoms with E-state index in [1.54, 1.807) is 12.1 Å². The first-order valence-electron chi connectivity index (χ1n) is 4.78. The minimum Gasteiger partial charge on any atom is -0.508 e. The number of nitrogens with one attached hydrogen (secondary N) is 1. The van der Waals surface area contributed by atoms with Gasteiger partial charge in [0.25, 0.3) is 0 Å². The minimum absolute atomic E-state index is 0.342. The van der Waals surface area contributed by atoms with Crippen molar-refractivity contribution in [1.82, 2.24) is 5.32 Å². The van der Waals surface area contributed by atoms with Crippen molar-refractivity contribution in [1.29, 1.82) is 0 Å². The standard InChI is InChI=1S/C11H15NO/c1-8-6-11(12-7-8)9-2-4-10(13)5-3-9/h2-5,8,11-13H,6-7H2,1H3/t8-,11+/m0/s1. The summed E-state index contributed by atoms with van der Waals surface area (Å²) in [6.45, 7) is 3.36. The summed E-state index contributed by atoms with van der Waals surface area (Å²) < 4.78 is 0. The highest BCUT2D eigenvalue weighted by Gasteiger charge is 2.21. The molecule has 2 nitrogen and oxygen atoms in total. The number of phenolic OH excluding ortho intramolecular Hbond substituents is 1. The Balaban J connectivity index is 2.13. The van der Waals surface area contributed by atoms with Crippen molar-refractivity contribution in [3.63, 3.8) is 0 Å². The molecule has 1 fully saturated rings. The molecular weight excluding hydrogens is 162 g/mol. The predicted molar refractivity (Wildman–Crippen MR) is 52.6 cm³/mol. The summed E-state index contributed by atoms with van der Waals surface area (Å²) in [5.41, 5.74) is 1.28. The second-order valence-electron chi connectivity index (χ2n) is 3.89. The lowest BCUT2D eigenvalue weighted by Gasteiger charge is -2.10. The van der Waals surface area contributed by atoms with E-state index < -0.39 is 0 Å². The van der Waals surface area contributed by atoms with Crippen LogP contribution in [0.1, 0.15) is 24.9 Å². The fourth-order valence-corrected chi connectivity index (χ4v) is 1.87. The molecule has 2 atom stereocenters. The SMILES string of the molecule is C[C@@H]1CN[C@@H](c2ccc(O)cc2)C1. The fraction of sp³-hybridized carbons (Fsp3) is 0.455. The number of rotatable bonds is 1. The lowest BCUT2D eigenvalue weighted by molar-refractivity contribution is 0.474. The molecule has 1 heterocycles. The molecule has 2 N–H and O–H groups in total. The van der Waals surface area contributed by atoms with Crippen LogP contribution < -0.4 is 5.32 Å². The average Bonchev–Trinajstić information content (AvgIpc) is 2.53. The minimum atomic E-state index is 0.342. The second kappa shape index (κ2) is 3.38. The molecule has 0 amide bonds.